The van der Waals surface area contributed by atoms with Gasteiger partial charge < -0.3 is 29.2 Å². The van der Waals surface area contributed by atoms with E-state index in [0.29, 0.717) is 13.2 Å². The monoisotopic (exact) mass is 450 g/mol. The van der Waals surface area contributed by atoms with Crippen LogP contribution < -0.4 is 0 Å². The molecule has 0 amide bonds. The van der Waals surface area contributed by atoms with Crippen LogP contribution in [0, 0.1) is 0 Å². The quantitative estimate of drug-likeness (QED) is 0.493. The zero-order valence-corrected chi connectivity index (χ0v) is 18.4. The molecule has 0 radical (unpaired) electrons. The Hall–Kier alpha value is -2.58. The molecule has 3 aromatic rings. The molecular formula is C27H30O6. The lowest BCUT2D eigenvalue weighted by atomic mass is 9.98. The zero-order valence-electron chi connectivity index (χ0n) is 18.4. The van der Waals surface area contributed by atoms with Crippen molar-refractivity contribution in [2.45, 2.75) is 50.5 Å². The molecule has 0 spiro atoms. The minimum absolute atomic E-state index is 0.289. The third kappa shape index (κ3) is 6.48. The Morgan fingerprint density at radius 1 is 0.606 bits per heavy atom. The predicted molar refractivity (Wildman–Crippen MR) is 123 cm³/mol. The van der Waals surface area contributed by atoms with Gasteiger partial charge in [-0.25, -0.2) is 0 Å². The van der Waals surface area contributed by atoms with Gasteiger partial charge in [0.15, 0.2) is 6.29 Å². The highest BCUT2D eigenvalue weighted by molar-refractivity contribution is 5.15. The first-order valence-corrected chi connectivity index (χ1v) is 11.2. The van der Waals surface area contributed by atoms with E-state index in [-0.39, 0.29) is 13.2 Å². The molecule has 0 saturated carbocycles. The Balaban J connectivity index is 1.52. The highest BCUT2D eigenvalue weighted by atomic mass is 16.7. The van der Waals surface area contributed by atoms with Crippen LogP contribution in [0.2, 0.25) is 0 Å². The second kappa shape index (κ2) is 12.0. The van der Waals surface area contributed by atoms with Crippen molar-refractivity contribution >= 4 is 0 Å². The van der Waals surface area contributed by atoms with Gasteiger partial charge in [0, 0.05) is 0 Å². The number of ether oxygens (including phenoxy) is 4. The van der Waals surface area contributed by atoms with Crippen LogP contribution in [0.25, 0.3) is 0 Å². The van der Waals surface area contributed by atoms with Crippen molar-refractivity contribution in [2.24, 2.45) is 0 Å². The maximum Gasteiger partial charge on any atom is 0.187 e. The van der Waals surface area contributed by atoms with Gasteiger partial charge in [0.2, 0.25) is 0 Å². The van der Waals surface area contributed by atoms with Gasteiger partial charge in [0.05, 0.1) is 26.4 Å². The van der Waals surface area contributed by atoms with E-state index in [4.69, 9.17) is 18.9 Å². The summed E-state index contributed by atoms with van der Waals surface area (Å²) in [5, 5.41) is 20.8. The van der Waals surface area contributed by atoms with Crippen molar-refractivity contribution in [2.75, 3.05) is 6.61 Å². The largest absolute Gasteiger partial charge is 0.394 e. The van der Waals surface area contributed by atoms with Crippen molar-refractivity contribution in [1.29, 1.82) is 0 Å². The van der Waals surface area contributed by atoms with Crippen molar-refractivity contribution in [3.05, 3.63) is 108 Å². The smallest absolute Gasteiger partial charge is 0.187 e. The number of benzene rings is 3. The van der Waals surface area contributed by atoms with Gasteiger partial charge in [-0.15, -0.1) is 0 Å². The molecule has 1 aliphatic rings. The van der Waals surface area contributed by atoms with Crippen LogP contribution in [0.4, 0.5) is 0 Å². The van der Waals surface area contributed by atoms with Gasteiger partial charge in [-0.05, 0) is 16.7 Å². The summed E-state index contributed by atoms with van der Waals surface area (Å²) in [5.74, 6) is 0. The molecule has 6 nitrogen and oxygen atoms in total. The molecule has 0 aliphatic carbocycles. The van der Waals surface area contributed by atoms with Crippen LogP contribution in [-0.2, 0) is 38.8 Å². The maximum absolute atomic E-state index is 10.9. The topological polar surface area (TPSA) is 77.4 Å². The average molecular weight is 451 g/mol. The molecule has 33 heavy (non-hydrogen) atoms. The summed E-state index contributed by atoms with van der Waals surface area (Å²) in [6.07, 6.45) is -4.19. The van der Waals surface area contributed by atoms with Crippen LogP contribution in [0.1, 0.15) is 16.7 Å². The normalized spacial score (nSPS) is 25.1. The summed E-state index contributed by atoms with van der Waals surface area (Å²) in [6, 6.07) is 29.2. The Bertz CT molecular complexity index is 937. The number of hydrogen-bond donors (Lipinski definition) is 2. The first-order valence-electron chi connectivity index (χ1n) is 11.2. The standard InChI is InChI=1S/C27H30O6/c28-16-23-24(29)25(30-17-20-10-4-1-5-11-20)26(31-18-21-12-6-2-7-13-21)27(33-23)32-19-22-14-8-3-9-15-22/h1-15,23-29H,16-19H2/t23-,24-,25-,26-,27+/m0/s1. The highest BCUT2D eigenvalue weighted by Gasteiger charge is 2.47. The van der Waals surface area contributed by atoms with E-state index in [2.05, 4.69) is 0 Å². The van der Waals surface area contributed by atoms with E-state index >= 15 is 0 Å². The third-order valence-corrected chi connectivity index (χ3v) is 5.63. The zero-order chi connectivity index (χ0) is 22.9. The highest BCUT2D eigenvalue weighted by Crippen LogP contribution is 2.29. The Morgan fingerprint density at radius 2 is 1.03 bits per heavy atom. The van der Waals surface area contributed by atoms with Gasteiger partial charge in [-0.3, -0.25) is 0 Å². The molecule has 4 rings (SSSR count). The Kier molecular flexibility index (Phi) is 8.60. The van der Waals surface area contributed by atoms with Crippen molar-refractivity contribution < 1.29 is 29.2 Å². The van der Waals surface area contributed by atoms with Crippen LogP contribution in [0.3, 0.4) is 0 Å². The number of aliphatic hydroxyl groups excluding tert-OH is 2. The molecule has 1 aliphatic heterocycles. The van der Waals surface area contributed by atoms with Crippen LogP contribution in [0.15, 0.2) is 91.0 Å². The Morgan fingerprint density at radius 3 is 1.48 bits per heavy atom. The van der Waals surface area contributed by atoms with Gasteiger partial charge >= 0.3 is 0 Å². The molecule has 5 atom stereocenters. The number of hydrogen-bond acceptors (Lipinski definition) is 6. The SMILES string of the molecule is OC[C@@H]1O[C@@H](OCc2ccccc2)[C@@H](OCc2ccccc2)[C@@H](OCc2ccccc2)[C@H]1O. The molecule has 6 heteroatoms. The van der Waals surface area contributed by atoms with Gasteiger partial charge in [0.1, 0.15) is 24.4 Å². The van der Waals surface area contributed by atoms with E-state index in [0.717, 1.165) is 16.7 Å². The summed E-state index contributed by atoms with van der Waals surface area (Å²) in [7, 11) is 0. The fourth-order valence-corrected chi connectivity index (χ4v) is 3.83. The lowest BCUT2D eigenvalue weighted by molar-refractivity contribution is -0.322. The van der Waals surface area contributed by atoms with Gasteiger partial charge in [-0.2, -0.15) is 0 Å². The van der Waals surface area contributed by atoms with E-state index < -0.39 is 30.7 Å². The second-order valence-electron chi connectivity index (χ2n) is 8.04. The molecular weight excluding hydrogens is 420 g/mol. The summed E-state index contributed by atoms with van der Waals surface area (Å²) in [4.78, 5) is 0. The number of aliphatic hydroxyl groups is 2. The van der Waals surface area contributed by atoms with Crippen LogP contribution in [0.5, 0.6) is 0 Å². The van der Waals surface area contributed by atoms with Crippen molar-refractivity contribution in [3.63, 3.8) is 0 Å². The number of rotatable bonds is 10. The maximum atomic E-state index is 10.9. The molecule has 2 N–H and O–H groups in total. The second-order valence-corrected chi connectivity index (χ2v) is 8.04. The molecule has 1 saturated heterocycles. The molecule has 174 valence electrons. The summed E-state index contributed by atoms with van der Waals surface area (Å²) < 4.78 is 24.4. The minimum atomic E-state index is -1.07. The lowest BCUT2D eigenvalue weighted by Crippen LogP contribution is -2.60. The molecule has 1 heterocycles. The fraction of sp³-hybridized carbons (Fsp3) is 0.333. The molecule has 0 aromatic heterocycles. The predicted octanol–water partition coefficient (Wildman–Crippen LogP) is 3.45. The summed E-state index contributed by atoms with van der Waals surface area (Å²) >= 11 is 0. The average Bonchev–Trinajstić information content (AvgIpc) is 2.88. The van der Waals surface area contributed by atoms with E-state index in [1.165, 1.54) is 0 Å². The molecule has 0 unspecified atom stereocenters. The fourth-order valence-electron chi connectivity index (χ4n) is 3.83. The summed E-state index contributed by atoms with van der Waals surface area (Å²) in [6.45, 7) is 0.540. The lowest BCUT2D eigenvalue weighted by Gasteiger charge is -2.43. The summed E-state index contributed by atoms with van der Waals surface area (Å²) in [5.41, 5.74) is 2.94. The van der Waals surface area contributed by atoms with Gasteiger partial charge in [0.25, 0.3) is 0 Å². The first-order chi connectivity index (χ1) is 16.2. The van der Waals surface area contributed by atoms with Gasteiger partial charge in [-0.1, -0.05) is 91.0 Å². The minimum Gasteiger partial charge on any atom is -0.394 e. The molecule has 0 bridgehead atoms. The third-order valence-electron chi connectivity index (χ3n) is 5.63. The van der Waals surface area contributed by atoms with Crippen LogP contribution >= 0.6 is 0 Å². The molecule has 3 aromatic carbocycles. The molecule has 1 fully saturated rings. The van der Waals surface area contributed by atoms with Crippen molar-refractivity contribution in [3.8, 4) is 0 Å². The van der Waals surface area contributed by atoms with E-state index in [1.54, 1.807) is 0 Å². The Labute approximate surface area is 194 Å². The van der Waals surface area contributed by atoms with Crippen molar-refractivity contribution in [1.82, 2.24) is 0 Å². The first kappa shape index (κ1) is 23.6. The van der Waals surface area contributed by atoms with E-state index in [1.807, 2.05) is 91.0 Å². The van der Waals surface area contributed by atoms with E-state index in [9.17, 15) is 10.2 Å². The van der Waals surface area contributed by atoms with Crippen LogP contribution in [-0.4, -0.2) is 47.5 Å².